The molecular formula is C7H15NOS. The lowest BCUT2D eigenvalue weighted by Crippen LogP contribution is -1.98. The second-order valence-corrected chi connectivity index (χ2v) is 3.04. The van der Waals surface area contributed by atoms with Gasteiger partial charge in [-0.15, -0.1) is 0 Å². The molecule has 0 bridgehead atoms. The molecule has 0 aromatic carbocycles. The molecule has 3 heteroatoms. The van der Waals surface area contributed by atoms with Crippen molar-refractivity contribution in [1.29, 1.82) is 0 Å². The summed E-state index contributed by atoms with van der Waals surface area (Å²) in [5.74, 6) is 0. The van der Waals surface area contributed by atoms with E-state index in [1.54, 1.807) is 0 Å². The molecule has 0 aliphatic carbocycles. The van der Waals surface area contributed by atoms with Gasteiger partial charge in [-0.25, -0.2) is 0 Å². The van der Waals surface area contributed by atoms with Crippen molar-refractivity contribution in [3.8, 4) is 0 Å². The van der Waals surface area contributed by atoms with E-state index < -0.39 is 0 Å². The molecule has 0 unspecified atom stereocenters. The van der Waals surface area contributed by atoms with Crippen LogP contribution in [0.2, 0.25) is 0 Å². The summed E-state index contributed by atoms with van der Waals surface area (Å²) in [4.78, 5) is 10.7. The summed E-state index contributed by atoms with van der Waals surface area (Å²) in [6.45, 7) is 0.744. The molecule has 0 heterocycles. The van der Waals surface area contributed by atoms with Crippen LogP contribution in [0.3, 0.4) is 0 Å². The lowest BCUT2D eigenvalue weighted by atomic mass is 10.2. The van der Waals surface area contributed by atoms with E-state index >= 15 is 0 Å². The van der Waals surface area contributed by atoms with Crippen LogP contribution in [0, 0.1) is 0 Å². The van der Waals surface area contributed by atoms with Crippen LogP contribution in [0.15, 0.2) is 0 Å². The van der Waals surface area contributed by atoms with Gasteiger partial charge < -0.3 is 5.73 Å². The monoisotopic (exact) mass is 161 g/mol. The van der Waals surface area contributed by atoms with Crippen molar-refractivity contribution in [3.05, 3.63) is 0 Å². The third-order valence-electron chi connectivity index (χ3n) is 1.31. The third-order valence-corrected chi connectivity index (χ3v) is 1.97. The fourth-order valence-electron chi connectivity index (χ4n) is 0.693. The quantitative estimate of drug-likeness (QED) is 0.620. The van der Waals surface area contributed by atoms with Gasteiger partial charge in [-0.3, -0.25) is 4.79 Å². The van der Waals surface area contributed by atoms with Crippen LogP contribution in [0.4, 0.5) is 0 Å². The van der Waals surface area contributed by atoms with Crippen LogP contribution in [-0.2, 0) is 4.79 Å². The van der Waals surface area contributed by atoms with Gasteiger partial charge in [0.2, 0.25) is 0 Å². The van der Waals surface area contributed by atoms with Crippen molar-refractivity contribution >= 4 is 16.9 Å². The molecule has 10 heavy (non-hydrogen) atoms. The van der Waals surface area contributed by atoms with Gasteiger partial charge in [0, 0.05) is 6.42 Å². The van der Waals surface area contributed by atoms with Crippen molar-refractivity contribution in [3.63, 3.8) is 0 Å². The molecule has 0 aliphatic heterocycles. The number of nitrogens with two attached hydrogens (primary N) is 1. The Balaban J connectivity index is 2.96. The highest BCUT2D eigenvalue weighted by molar-refractivity contribution is 8.13. The first-order chi connectivity index (χ1) is 4.81. The van der Waals surface area contributed by atoms with Gasteiger partial charge in [0.1, 0.15) is 0 Å². The van der Waals surface area contributed by atoms with Crippen LogP contribution < -0.4 is 5.73 Å². The maximum atomic E-state index is 10.7. The Kier molecular flexibility index (Phi) is 7.08. The Labute approximate surface area is 66.6 Å². The van der Waals surface area contributed by atoms with E-state index in [1.165, 1.54) is 11.8 Å². The Hall–Kier alpha value is -0.0200. The fraction of sp³-hybridized carbons (Fsp3) is 0.857. The summed E-state index contributed by atoms with van der Waals surface area (Å²) in [5.41, 5.74) is 5.29. The largest absolute Gasteiger partial charge is 0.330 e. The molecule has 0 amide bonds. The minimum absolute atomic E-state index is 0.289. The predicted molar refractivity (Wildman–Crippen MR) is 46.0 cm³/mol. The van der Waals surface area contributed by atoms with Crippen molar-refractivity contribution < 1.29 is 4.79 Å². The average molecular weight is 161 g/mol. The number of carbonyl (C=O) groups is 1. The summed E-state index contributed by atoms with van der Waals surface area (Å²) in [7, 11) is 0. The molecule has 0 spiro atoms. The van der Waals surface area contributed by atoms with Gasteiger partial charge >= 0.3 is 0 Å². The Morgan fingerprint density at radius 2 is 2.10 bits per heavy atom. The highest BCUT2D eigenvalue weighted by Crippen LogP contribution is 2.05. The molecule has 0 atom stereocenters. The summed E-state index contributed by atoms with van der Waals surface area (Å²) >= 11 is 1.31. The molecule has 0 rings (SSSR count). The van der Waals surface area contributed by atoms with Gasteiger partial charge in [0.05, 0.1) is 0 Å². The number of hydrogen-bond acceptors (Lipinski definition) is 3. The van der Waals surface area contributed by atoms with E-state index in [4.69, 9.17) is 5.73 Å². The van der Waals surface area contributed by atoms with E-state index in [0.717, 1.165) is 25.8 Å². The first kappa shape index (κ1) is 9.98. The van der Waals surface area contributed by atoms with Gasteiger partial charge in [-0.1, -0.05) is 18.2 Å². The molecule has 60 valence electrons. The van der Waals surface area contributed by atoms with Crippen molar-refractivity contribution in [1.82, 2.24) is 0 Å². The van der Waals surface area contributed by atoms with E-state index in [-0.39, 0.29) is 5.12 Å². The van der Waals surface area contributed by atoms with Crippen molar-refractivity contribution in [2.45, 2.75) is 25.7 Å². The number of unbranched alkanes of at least 4 members (excludes halogenated alkanes) is 2. The average Bonchev–Trinajstić information content (AvgIpc) is 1.98. The molecule has 0 radical (unpaired) electrons. The summed E-state index contributed by atoms with van der Waals surface area (Å²) in [6, 6.07) is 0. The zero-order valence-corrected chi connectivity index (χ0v) is 7.25. The zero-order chi connectivity index (χ0) is 7.82. The zero-order valence-electron chi connectivity index (χ0n) is 6.43. The second kappa shape index (κ2) is 7.09. The molecule has 2 nitrogen and oxygen atoms in total. The molecule has 0 saturated heterocycles. The first-order valence-corrected chi connectivity index (χ1v) is 4.80. The van der Waals surface area contributed by atoms with Crippen molar-refractivity contribution in [2.75, 3.05) is 12.8 Å². The Morgan fingerprint density at radius 1 is 1.40 bits per heavy atom. The molecular weight excluding hydrogens is 146 g/mol. The highest BCUT2D eigenvalue weighted by Gasteiger charge is 1.96. The lowest BCUT2D eigenvalue weighted by Gasteiger charge is -1.95. The topological polar surface area (TPSA) is 43.1 Å². The second-order valence-electron chi connectivity index (χ2n) is 2.18. The summed E-state index contributed by atoms with van der Waals surface area (Å²) in [6.07, 6.45) is 5.66. The van der Waals surface area contributed by atoms with E-state index in [2.05, 4.69) is 0 Å². The van der Waals surface area contributed by atoms with Gasteiger partial charge in [0.25, 0.3) is 0 Å². The minimum atomic E-state index is 0.289. The molecule has 0 aliphatic rings. The number of rotatable bonds is 5. The van der Waals surface area contributed by atoms with Crippen LogP contribution >= 0.6 is 11.8 Å². The van der Waals surface area contributed by atoms with Crippen LogP contribution in [0.25, 0.3) is 0 Å². The predicted octanol–water partition coefficient (Wildman–Crippen LogP) is 1.40. The highest BCUT2D eigenvalue weighted by atomic mass is 32.2. The maximum Gasteiger partial charge on any atom is 0.188 e. The normalized spacial score (nSPS) is 9.80. The molecule has 0 aromatic rings. The molecule has 0 fully saturated rings. The van der Waals surface area contributed by atoms with Gasteiger partial charge in [-0.2, -0.15) is 0 Å². The number of thioether (sulfide) groups is 1. The smallest absolute Gasteiger partial charge is 0.188 e. The minimum Gasteiger partial charge on any atom is -0.330 e. The SMILES string of the molecule is CSC(=O)CCCCCN. The molecule has 0 saturated carbocycles. The lowest BCUT2D eigenvalue weighted by molar-refractivity contribution is -0.111. The third kappa shape index (κ3) is 6.11. The van der Waals surface area contributed by atoms with Gasteiger partial charge in [-0.05, 0) is 25.6 Å². The van der Waals surface area contributed by atoms with Crippen LogP contribution in [0.5, 0.6) is 0 Å². The number of hydrogen-bond donors (Lipinski definition) is 1. The van der Waals surface area contributed by atoms with Crippen molar-refractivity contribution in [2.24, 2.45) is 5.73 Å². The van der Waals surface area contributed by atoms with Gasteiger partial charge in [0.15, 0.2) is 5.12 Å². The van der Waals surface area contributed by atoms with E-state index in [9.17, 15) is 4.79 Å². The molecule has 2 N–H and O–H groups in total. The van der Waals surface area contributed by atoms with E-state index in [1.807, 2.05) is 6.26 Å². The molecule has 0 aromatic heterocycles. The Morgan fingerprint density at radius 3 is 2.60 bits per heavy atom. The number of carbonyl (C=O) groups excluding carboxylic acids is 1. The first-order valence-electron chi connectivity index (χ1n) is 3.58. The Bertz CT molecular complexity index is 95.6. The summed E-state index contributed by atoms with van der Waals surface area (Å²) < 4.78 is 0. The fourth-order valence-corrected chi connectivity index (χ4v) is 1.04. The summed E-state index contributed by atoms with van der Waals surface area (Å²) in [5, 5.41) is 0.289. The van der Waals surface area contributed by atoms with Crippen LogP contribution in [0.1, 0.15) is 25.7 Å². The maximum absolute atomic E-state index is 10.7. The van der Waals surface area contributed by atoms with Crippen LogP contribution in [-0.4, -0.2) is 17.9 Å². The standard InChI is InChI=1S/C7H15NOS/c1-10-7(9)5-3-2-4-6-8/h2-6,8H2,1H3. The van der Waals surface area contributed by atoms with E-state index in [0.29, 0.717) is 6.42 Å².